The van der Waals surface area contributed by atoms with E-state index in [2.05, 4.69) is 22.8 Å². The number of carbonyl (C=O) groups is 4. The van der Waals surface area contributed by atoms with Gasteiger partial charge in [-0.15, -0.1) is 0 Å². The van der Waals surface area contributed by atoms with E-state index in [1.807, 2.05) is 50.2 Å². The van der Waals surface area contributed by atoms with Crippen LogP contribution in [0.2, 0.25) is 0 Å². The van der Waals surface area contributed by atoms with Gasteiger partial charge in [0.25, 0.3) is 0 Å². The molecule has 2 aliphatic carbocycles. The van der Waals surface area contributed by atoms with Crippen LogP contribution >= 0.6 is 0 Å². The topological polar surface area (TPSA) is 122 Å². The Morgan fingerprint density at radius 1 is 0.821 bits per heavy atom. The summed E-state index contributed by atoms with van der Waals surface area (Å²) in [7, 11) is 0. The maximum atomic E-state index is 13.6. The fourth-order valence-electron chi connectivity index (χ4n) is 5.95. The Balaban J connectivity index is 1.41. The average Bonchev–Trinajstić information content (AvgIpc) is 3.51. The van der Waals surface area contributed by atoms with Crippen molar-refractivity contribution in [2.45, 2.75) is 65.0 Å². The van der Waals surface area contributed by atoms with E-state index in [9.17, 15) is 24.3 Å². The van der Waals surface area contributed by atoms with Crippen LogP contribution in [0.3, 0.4) is 0 Å². The summed E-state index contributed by atoms with van der Waals surface area (Å²) in [5.41, 5.74) is 4.46. The van der Waals surface area contributed by atoms with Crippen molar-refractivity contribution >= 4 is 23.8 Å². The van der Waals surface area contributed by atoms with Crippen molar-refractivity contribution in [3.05, 3.63) is 59.7 Å². The van der Waals surface area contributed by atoms with Crippen molar-refractivity contribution in [1.82, 2.24) is 10.6 Å². The van der Waals surface area contributed by atoms with Crippen LogP contribution in [0.4, 0.5) is 4.79 Å². The van der Waals surface area contributed by atoms with E-state index < -0.39 is 41.9 Å². The van der Waals surface area contributed by atoms with Crippen molar-refractivity contribution < 1.29 is 29.0 Å². The lowest BCUT2D eigenvalue weighted by Crippen LogP contribution is -2.51. The van der Waals surface area contributed by atoms with Crippen molar-refractivity contribution in [1.29, 1.82) is 0 Å². The molecule has 0 bridgehead atoms. The molecule has 4 rings (SSSR count). The van der Waals surface area contributed by atoms with Gasteiger partial charge < -0.3 is 20.5 Å². The smallest absolute Gasteiger partial charge is 0.407 e. The maximum absolute atomic E-state index is 13.6. The van der Waals surface area contributed by atoms with Crippen LogP contribution in [0, 0.1) is 23.7 Å². The number of ketones is 1. The van der Waals surface area contributed by atoms with E-state index in [4.69, 9.17) is 4.74 Å². The minimum Gasteiger partial charge on any atom is -0.480 e. The summed E-state index contributed by atoms with van der Waals surface area (Å²) in [6.45, 7) is 7.27. The fraction of sp³-hybridized carbons (Fsp3) is 0.484. The molecule has 0 radical (unpaired) electrons. The number of fused-ring (bicyclic) bond motifs is 3. The van der Waals surface area contributed by atoms with E-state index in [0.717, 1.165) is 22.3 Å². The highest BCUT2D eigenvalue weighted by atomic mass is 16.5. The van der Waals surface area contributed by atoms with Gasteiger partial charge in [0.2, 0.25) is 5.91 Å². The molecule has 0 aromatic heterocycles. The number of hydrogen-bond acceptors (Lipinski definition) is 5. The Hall–Kier alpha value is -3.68. The quantitative estimate of drug-likeness (QED) is 0.404. The third-order valence-electron chi connectivity index (χ3n) is 8.04. The molecule has 0 spiro atoms. The molecule has 2 amide bonds. The summed E-state index contributed by atoms with van der Waals surface area (Å²) >= 11 is 0. The Kier molecular flexibility index (Phi) is 8.73. The zero-order valence-electron chi connectivity index (χ0n) is 23.0. The molecule has 8 heteroatoms. The minimum absolute atomic E-state index is 0.0950. The predicted molar refractivity (Wildman–Crippen MR) is 147 cm³/mol. The van der Waals surface area contributed by atoms with Gasteiger partial charge in [-0.3, -0.25) is 9.59 Å². The summed E-state index contributed by atoms with van der Waals surface area (Å²) < 4.78 is 5.67. The number of carbonyl (C=O) groups excluding carboxylic acids is 3. The number of aliphatic carboxylic acids is 1. The zero-order valence-corrected chi connectivity index (χ0v) is 23.0. The van der Waals surface area contributed by atoms with Gasteiger partial charge in [-0.2, -0.15) is 0 Å². The second-order valence-electron chi connectivity index (χ2n) is 11.3. The standard InChI is InChI=1S/C31H38N2O6/c1-17(2)26(28(34)23-14-9-15-24(23)29(35)32-27(18(3)4)30(36)37)33-31(38)39-16-25-21-12-7-5-10-19(21)20-11-6-8-13-22(20)25/h5-8,10-13,17-18,23-27H,9,14-16H2,1-4H3,(H,32,35)(H,33,38)(H,36,37). The van der Waals surface area contributed by atoms with E-state index in [-0.39, 0.29) is 30.1 Å². The van der Waals surface area contributed by atoms with E-state index in [1.165, 1.54) is 0 Å². The van der Waals surface area contributed by atoms with Crippen molar-refractivity contribution in [2.75, 3.05) is 6.61 Å². The lowest BCUT2D eigenvalue weighted by molar-refractivity contribution is -0.144. The number of carboxylic acid groups (broad SMARTS) is 1. The first kappa shape index (κ1) is 28.3. The molecule has 4 atom stereocenters. The average molecular weight is 535 g/mol. The largest absolute Gasteiger partial charge is 0.480 e. The summed E-state index contributed by atoms with van der Waals surface area (Å²) in [6, 6.07) is 14.3. The number of alkyl carbamates (subject to hydrolysis) is 1. The number of rotatable bonds is 10. The molecule has 39 heavy (non-hydrogen) atoms. The molecule has 4 unspecified atom stereocenters. The van der Waals surface area contributed by atoms with Crippen molar-refractivity contribution in [2.24, 2.45) is 23.7 Å². The molecule has 0 saturated heterocycles. The molecule has 0 aliphatic heterocycles. The van der Waals surface area contributed by atoms with Gasteiger partial charge in [0, 0.05) is 17.8 Å². The van der Waals surface area contributed by atoms with Crippen molar-refractivity contribution in [3.63, 3.8) is 0 Å². The highest BCUT2D eigenvalue weighted by Gasteiger charge is 2.42. The second kappa shape index (κ2) is 12.0. The minimum atomic E-state index is -1.10. The summed E-state index contributed by atoms with van der Waals surface area (Å²) in [5.74, 6) is -3.55. The van der Waals surface area contributed by atoms with Crippen LogP contribution in [-0.2, 0) is 19.1 Å². The van der Waals surface area contributed by atoms with Gasteiger partial charge in [-0.25, -0.2) is 9.59 Å². The highest BCUT2D eigenvalue weighted by Crippen LogP contribution is 2.44. The molecule has 3 N–H and O–H groups in total. The van der Waals surface area contributed by atoms with Crippen LogP contribution in [0.25, 0.3) is 11.1 Å². The molecular formula is C31H38N2O6. The van der Waals surface area contributed by atoms with E-state index in [0.29, 0.717) is 19.3 Å². The number of hydrogen-bond donors (Lipinski definition) is 3. The van der Waals surface area contributed by atoms with Crippen LogP contribution in [0.5, 0.6) is 0 Å². The maximum Gasteiger partial charge on any atom is 0.407 e. The second-order valence-corrected chi connectivity index (χ2v) is 11.3. The van der Waals surface area contributed by atoms with Gasteiger partial charge in [-0.05, 0) is 46.9 Å². The first-order valence-corrected chi connectivity index (χ1v) is 13.8. The molecule has 2 aromatic carbocycles. The van der Waals surface area contributed by atoms with E-state index in [1.54, 1.807) is 13.8 Å². The Morgan fingerprint density at radius 2 is 1.36 bits per heavy atom. The van der Waals surface area contributed by atoms with Gasteiger partial charge in [-0.1, -0.05) is 82.6 Å². The number of ether oxygens (including phenoxy) is 1. The van der Waals surface area contributed by atoms with E-state index >= 15 is 0 Å². The van der Waals surface area contributed by atoms with Gasteiger partial charge in [0.1, 0.15) is 12.6 Å². The Morgan fingerprint density at radius 3 is 1.90 bits per heavy atom. The Labute approximate surface area is 229 Å². The molecule has 1 saturated carbocycles. The number of amides is 2. The SMILES string of the molecule is CC(C)C(NC(=O)C1CCCC1C(=O)C(NC(=O)OCC1c2ccccc2-c2ccccc21)C(C)C)C(=O)O. The molecule has 0 heterocycles. The summed E-state index contributed by atoms with van der Waals surface area (Å²) in [5, 5.41) is 14.8. The zero-order chi connectivity index (χ0) is 28.3. The molecule has 1 fully saturated rings. The number of carboxylic acids is 1. The molecule has 2 aromatic rings. The lowest BCUT2D eigenvalue weighted by atomic mass is 9.84. The lowest BCUT2D eigenvalue weighted by Gasteiger charge is -2.28. The van der Waals surface area contributed by atoms with Crippen LogP contribution < -0.4 is 10.6 Å². The monoisotopic (exact) mass is 534 g/mol. The number of nitrogens with one attached hydrogen (secondary N) is 2. The first-order chi connectivity index (χ1) is 18.6. The van der Waals surface area contributed by atoms with Crippen LogP contribution in [0.15, 0.2) is 48.5 Å². The molecule has 208 valence electrons. The van der Waals surface area contributed by atoms with Crippen LogP contribution in [-0.4, -0.2) is 47.6 Å². The van der Waals surface area contributed by atoms with Crippen LogP contribution in [0.1, 0.15) is 64.0 Å². The first-order valence-electron chi connectivity index (χ1n) is 13.8. The molecule has 2 aliphatic rings. The summed E-state index contributed by atoms with van der Waals surface area (Å²) in [4.78, 5) is 51.1. The molecular weight excluding hydrogens is 496 g/mol. The van der Waals surface area contributed by atoms with Gasteiger partial charge >= 0.3 is 12.1 Å². The number of Topliss-reactive ketones (excluding diaryl/α,β-unsaturated/α-hetero) is 1. The fourth-order valence-corrected chi connectivity index (χ4v) is 5.95. The third-order valence-corrected chi connectivity index (χ3v) is 8.04. The van der Waals surface area contributed by atoms with Gasteiger partial charge in [0.05, 0.1) is 6.04 Å². The highest BCUT2D eigenvalue weighted by molar-refractivity contribution is 5.95. The third kappa shape index (κ3) is 6.00. The normalized spacial score (nSPS) is 19.7. The summed E-state index contributed by atoms with van der Waals surface area (Å²) in [6.07, 6.45) is 1.03. The number of benzene rings is 2. The predicted octanol–water partition coefficient (Wildman–Crippen LogP) is 4.76. The van der Waals surface area contributed by atoms with Gasteiger partial charge in [0.15, 0.2) is 5.78 Å². The Bertz CT molecular complexity index is 1190. The molecule has 8 nitrogen and oxygen atoms in total. The van der Waals surface area contributed by atoms with Crippen molar-refractivity contribution in [3.8, 4) is 11.1 Å².